The molecule has 18 heavy (non-hydrogen) atoms. The second-order valence-electron chi connectivity index (χ2n) is 4.40. The quantitative estimate of drug-likeness (QED) is 0.708. The number of amides is 1. The Kier molecular flexibility index (Phi) is 3.06. The van der Waals surface area contributed by atoms with Crippen LogP contribution in [0, 0.1) is 20.8 Å². The molecule has 0 aliphatic rings. The van der Waals surface area contributed by atoms with E-state index in [1.165, 1.54) is 0 Å². The van der Waals surface area contributed by atoms with Gasteiger partial charge in [0.05, 0.1) is 17.1 Å². The lowest BCUT2D eigenvalue weighted by molar-refractivity contribution is 0.102. The van der Waals surface area contributed by atoms with Crippen LogP contribution in [-0.4, -0.2) is 16.1 Å². The van der Waals surface area contributed by atoms with E-state index in [4.69, 9.17) is 5.73 Å². The Bertz CT molecular complexity index is 561. The number of carbonyl (C=O) groups excluding carboxylic acids is 1. The highest BCUT2D eigenvalue weighted by Crippen LogP contribution is 2.18. The number of nitrogen functional groups attached to an aromatic ring is 1. The van der Waals surface area contributed by atoms with Crippen molar-refractivity contribution in [3.8, 4) is 0 Å². The van der Waals surface area contributed by atoms with Gasteiger partial charge in [-0.3, -0.25) is 9.89 Å². The Balaban J connectivity index is 2.27. The number of rotatable bonds is 2. The van der Waals surface area contributed by atoms with Gasteiger partial charge in [0.25, 0.3) is 5.91 Å². The number of nitrogens with zero attached hydrogens (tertiary/aromatic N) is 1. The first kappa shape index (κ1) is 12.2. The number of aromatic nitrogens is 2. The minimum absolute atomic E-state index is 0.182. The number of nitrogens with two attached hydrogens (primary N) is 1. The molecule has 2 rings (SSSR count). The highest BCUT2D eigenvalue weighted by atomic mass is 16.1. The highest BCUT2D eigenvalue weighted by Gasteiger charge is 2.12. The fourth-order valence-corrected chi connectivity index (χ4v) is 1.86. The predicted octanol–water partition coefficient (Wildman–Crippen LogP) is 2.17. The number of anilines is 2. The number of H-pyrrole nitrogens is 1. The van der Waals surface area contributed by atoms with Crippen LogP contribution in [0.2, 0.25) is 0 Å². The summed E-state index contributed by atoms with van der Waals surface area (Å²) in [6.45, 7) is 5.60. The van der Waals surface area contributed by atoms with Gasteiger partial charge in [-0.05, 0) is 44.5 Å². The maximum absolute atomic E-state index is 12.1. The number of hydrogen-bond donors (Lipinski definition) is 3. The van der Waals surface area contributed by atoms with Crippen LogP contribution in [0.4, 0.5) is 11.4 Å². The summed E-state index contributed by atoms with van der Waals surface area (Å²) < 4.78 is 0. The summed E-state index contributed by atoms with van der Waals surface area (Å²) in [6, 6.07) is 5.29. The molecule has 0 fully saturated rings. The van der Waals surface area contributed by atoms with Gasteiger partial charge in [0.15, 0.2) is 0 Å². The Morgan fingerprint density at radius 3 is 2.56 bits per heavy atom. The van der Waals surface area contributed by atoms with Crippen molar-refractivity contribution in [2.45, 2.75) is 20.8 Å². The van der Waals surface area contributed by atoms with E-state index in [9.17, 15) is 4.79 Å². The monoisotopic (exact) mass is 244 g/mol. The summed E-state index contributed by atoms with van der Waals surface area (Å²) in [7, 11) is 0. The second-order valence-corrected chi connectivity index (χ2v) is 4.40. The third-order valence-corrected chi connectivity index (χ3v) is 2.73. The Labute approximate surface area is 105 Å². The molecule has 2 aromatic rings. The van der Waals surface area contributed by atoms with Crippen LogP contribution in [-0.2, 0) is 0 Å². The van der Waals surface area contributed by atoms with Crippen LogP contribution >= 0.6 is 0 Å². The number of carbonyl (C=O) groups is 1. The van der Waals surface area contributed by atoms with Crippen molar-refractivity contribution in [2.75, 3.05) is 11.1 Å². The van der Waals surface area contributed by atoms with Gasteiger partial charge >= 0.3 is 0 Å². The molecule has 0 atom stereocenters. The van der Waals surface area contributed by atoms with Crippen LogP contribution in [0.5, 0.6) is 0 Å². The maximum atomic E-state index is 12.1. The summed E-state index contributed by atoms with van der Waals surface area (Å²) in [6.07, 6.45) is 0. The van der Waals surface area contributed by atoms with E-state index in [0.717, 1.165) is 22.6 Å². The predicted molar refractivity (Wildman–Crippen MR) is 71.6 cm³/mol. The number of benzene rings is 1. The second kappa shape index (κ2) is 4.52. The van der Waals surface area contributed by atoms with Crippen molar-refractivity contribution in [3.05, 3.63) is 40.7 Å². The average Bonchev–Trinajstić information content (AvgIpc) is 2.59. The number of nitrogens with one attached hydrogen (secondary N) is 2. The van der Waals surface area contributed by atoms with Crippen LogP contribution in [0.25, 0.3) is 0 Å². The minimum Gasteiger partial charge on any atom is -0.399 e. The van der Waals surface area contributed by atoms with Gasteiger partial charge in [0.1, 0.15) is 0 Å². The third-order valence-electron chi connectivity index (χ3n) is 2.73. The van der Waals surface area contributed by atoms with Crippen LogP contribution < -0.4 is 11.1 Å². The van der Waals surface area contributed by atoms with E-state index in [1.807, 2.05) is 26.8 Å². The fourth-order valence-electron chi connectivity index (χ4n) is 1.86. The molecule has 1 aromatic heterocycles. The molecule has 94 valence electrons. The van der Waals surface area contributed by atoms with Gasteiger partial charge in [-0.1, -0.05) is 0 Å². The van der Waals surface area contributed by atoms with Crippen molar-refractivity contribution in [3.63, 3.8) is 0 Å². The summed E-state index contributed by atoms with van der Waals surface area (Å²) in [5.74, 6) is -0.182. The van der Waals surface area contributed by atoms with Crippen LogP contribution in [0.3, 0.4) is 0 Å². The Morgan fingerprint density at radius 2 is 2.00 bits per heavy atom. The zero-order chi connectivity index (χ0) is 13.3. The summed E-state index contributed by atoms with van der Waals surface area (Å²) in [4.78, 5) is 12.1. The number of aromatic amines is 1. The van der Waals surface area contributed by atoms with Gasteiger partial charge in [-0.25, -0.2) is 0 Å². The molecule has 4 N–H and O–H groups in total. The van der Waals surface area contributed by atoms with Crippen LogP contribution in [0.15, 0.2) is 18.2 Å². The first-order valence-corrected chi connectivity index (χ1v) is 5.67. The summed E-state index contributed by atoms with van der Waals surface area (Å²) in [5, 5.41) is 9.70. The van der Waals surface area contributed by atoms with E-state index in [2.05, 4.69) is 15.5 Å². The zero-order valence-corrected chi connectivity index (χ0v) is 10.7. The Hall–Kier alpha value is -2.30. The number of aryl methyl sites for hydroxylation is 3. The fraction of sp³-hybridized carbons (Fsp3) is 0.231. The molecule has 0 unspecified atom stereocenters. The molecule has 5 heteroatoms. The summed E-state index contributed by atoms with van der Waals surface area (Å²) >= 11 is 0. The van der Waals surface area contributed by atoms with Crippen molar-refractivity contribution in [1.82, 2.24) is 10.2 Å². The topological polar surface area (TPSA) is 83.8 Å². The van der Waals surface area contributed by atoms with Crippen molar-refractivity contribution in [1.29, 1.82) is 0 Å². The average molecular weight is 244 g/mol. The lowest BCUT2D eigenvalue weighted by Crippen LogP contribution is -2.13. The molecule has 0 radical (unpaired) electrons. The van der Waals surface area contributed by atoms with E-state index < -0.39 is 0 Å². The molecule has 0 bridgehead atoms. The van der Waals surface area contributed by atoms with Crippen molar-refractivity contribution >= 4 is 17.3 Å². The normalized spacial score (nSPS) is 10.4. The maximum Gasteiger partial charge on any atom is 0.255 e. The van der Waals surface area contributed by atoms with Gasteiger partial charge in [-0.2, -0.15) is 5.10 Å². The largest absolute Gasteiger partial charge is 0.399 e. The lowest BCUT2D eigenvalue weighted by atomic mass is 10.1. The molecule has 1 heterocycles. The molecule has 0 aliphatic carbocycles. The lowest BCUT2D eigenvalue weighted by Gasteiger charge is -2.07. The summed E-state index contributed by atoms with van der Waals surface area (Å²) in [5.41, 5.74) is 10.1. The molecule has 0 saturated carbocycles. The first-order valence-electron chi connectivity index (χ1n) is 5.67. The first-order chi connectivity index (χ1) is 8.47. The standard InChI is InChI=1S/C13H16N4O/c1-7-4-10(6-11(14)5-7)13(18)15-12-8(2)16-17-9(12)3/h4-6H,14H2,1-3H3,(H,15,18)(H,16,17). The van der Waals surface area contributed by atoms with E-state index in [-0.39, 0.29) is 5.91 Å². The molecule has 0 saturated heterocycles. The SMILES string of the molecule is Cc1cc(N)cc(C(=O)Nc2c(C)n[nH]c2C)c1. The highest BCUT2D eigenvalue weighted by molar-refractivity contribution is 6.05. The minimum atomic E-state index is -0.182. The molecule has 1 amide bonds. The van der Waals surface area contributed by atoms with E-state index >= 15 is 0 Å². The third kappa shape index (κ3) is 2.34. The molecular weight excluding hydrogens is 228 g/mol. The van der Waals surface area contributed by atoms with Crippen molar-refractivity contribution < 1.29 is 4.79 Å². The zero-order valence-electron chi connectivity index (χ0n) is 10.7. The smallest absolute Gasteiger partial charge is 0.255 e. The van der Waals surface area contributed by atoms with E-state index in [0.29, 0.717) is 11.3 Å². The molecule has 1 aromatic carbocycles. The van der Waals surface area contributed by atoms with Crippen molar-refractivity contribution in [2.24, 2.45) is 0 Å². The van der Waals surface area contributed by atoms with Gasteiger partial charge < -0.3 is 11.1 Å². The number of hydrogen-bond acceptors (Lipinski definition) is 3. The van der Waals surface area contributed by atoms with Crippen LogP contribution in [0.1, 0.15) is 27.3 Å². The van der Waals surface area contributed by atoms with Gasteiger partial charge in [0.2, 0.25) is 0 Å². The van der Waals surface area contributed by atoms with Gasteiger partial charge in [-0.15, -0.1) is 0 Å². The Morgan fingerprint density at radius 1 is 1.28 bits per heavy atom. The van der Waals surface area contributed by atoms with E-state index in [1.54, 1.807) is 12.1 Å². The van der Waals surface area contributed by atoms with Gasteiger partial charge in [0, 0.05) is 11.3 Å². The molecular formula is C13H16N4O. The molecule has 0 aliphatic heterocycles. The molecule has 5 nitrogen and oxygen atoms in total. The molecule has 0 spiro atoms.